The summed E-state index contributed by atoms with van der Waals surface area (Å²) in [5.74, 6) is 0. The molecule has 3 rings (SSSR count). The van der Waals surface area contributed by atoms with Crippen LogP contribution in [0.15, 0.2) is 61.4 Å². The number of pyridine rings is 2. The lowest BCUT2D eigenvalue weighted by Gasteiger charge is -2.25. The molecule has 0 aliphatic heterocycles. The lowest BCUT2D eigenvalue weighted by molar-refractivity contribution is 0.182. The molecule has 0 radical (unpaired) electrons. The van der Waals surface area contributed by atoms with Gasteiger partial charge in [-0.05, 0) is 30.8 Å². The van der Waals surface area contributed by atoms with Crippen molar-refractivity contribution in [3.63, 3.8) is 0 Å². The molecule has 0 saturated carbocycles. The maximum Gasteiger partial charge on any atom is 0.322 e. The number of hydrogen-bond donors (Lipinski definition) is 0. The molecule has 0 spiro atoms. The first kappa shape index (κ1) is 17.7. The Kier molecular flexibility index (Phi) is 6.65. The van der Waals surface area contributed by atoms with Crippen molar-refractivity contribution in [1.29, 1.82) is 0 Å². The van der Waals surface area contributed by atoms with Crippen molar-refractivity contribution >= 4 is 16.5 Å². The molecular formula is C17H22AlN7. The van der Waals surface area contributed by atoms with Gasteiger partial charge in [-0.3, -0.25) is 14.9 Å². The molecule has 3 aromatic rings. The third-order valence-corrected chi connectivity index (χ3v) is 4.64. The van der Waals surface area contributed by atoms with Crippen molar-refractivity contribution in [2.75, 3.05) is 13.1 Å². The molecule has 0 fully saturated rings. The second-order valence-corrected chi connectivity index (χ2v) is 7.27. The highest BCUT2D eigenvalue weighted by atomic mass is 27.1. The first-order chi connectivity index (χ1) is 12.3. The summed E-state index contributed by atoms with van der Waals surface area (Å²) in [7, 11) is 0. The summed E-state index contributed by atoms with van der Waals surface area (Å²) in [6, 6.07) is 12.1. The highest BCUT2D eigenvalue weighted by Crippen LogP contribution is 2.04. The molecule has 0 saturated heterocycles. The van der Waals surface area contributed by atoms with Gasteiger partial charge in [0.1, 0.15) is 12.7 Å². The number of nitrogens with zero attached hydrogens (tertiary/aromatic N) is 7. The van der Waals surface area contributed by atoms with E-state index in [1.54, 1.807) is 12.7 Å². The van der Waals surface area contributed by atoms with Gasteiger partial charge >= 0.3 is 16.5 Å². The van der Waals surface area contributed by atoms with Crippen LogP contribution >= 0.6 is 0 Å². The Labute approximate surface area is 156 Å². The predicted octanol–water partition coefficient (Wildman–Crippen LogP) is 0.578. The lowest BCUT2D eigenvalue weighted by Crippen LogP contribution is -2.35. The molecular weight excluding hydrogens is 329 g/mol. The Balaban J connectivity index is 1.56. The van der Waals surface area contributed by atoms with E-state index in [1.165, 1.54) is 0 Å². The van der Waals surface area contributed by atoms with Gasteiger partial charge < -0.3 is 3.88 Å². The standard InChI is InChI=1S/C17H20N7.Al.2H/c1-3-7-20-16(5-1)11-18-9-10-23(15-24-14-19-13-22-24)12-17-6-2-4-8-21-17;;;/h1-8,13-14H,9-12,15H2;;;/q-1;+1;;. The Morgan fingerprint density at radius 2 is 1.64 bits per heavy atom. The molecule has 0 bridgehead atoms. The Morgan fingerprint density at radius 3 is 2.24 bits per heavy atom. The Bertz CT molecular complexity index is 721. The van der Waals surface area contributed by atoms with E-state index >= 15 is 0 Å². The predicted molar refractivity (Wildman–Crippen MR) is 97.9 cm³/mol. The van der Waals surface area contributed by atoms with Gasteiger partial charge in [-0.1, -0.05) is 12.1 Å². The molecule has 3 heterocycles. The van der Waals surface area contributed by atoms with Gasteiger partial charge in [-0.15, -0.1) is 0 Å². The molecule has 128 valence electrons. The molecule has 0 unspecified atom stereocenters. The van der Waals surface area contributed by atoms with Crippen LogP contribution in [0.1, 0.15) is 11.4 Å². The highest BCUT2D eigenvalue weighted by Gasteiger charge is 2.10. The van der Waals surface area contributed by atoms with Crippen LogP contribution in [0.5, 0.6) is 0 Å². The average Bonchev–Trinajstić information content (AvgIpc) is 3.14. The van der Waals surface area contributed by atoms with E-state index in [4.69, 9.17) is 0 Å². The fourth-order valence-corrected chi connectivity index (χ4v) is 3.11. The van der Waals surface area contributed by atoms with Gasteiger partial charge in [0.25, 0.3) is 0 Å². The highest BCUT2D eigenvalue weighted by molar-refractivity contribution is 6.04. The maximum atomic E-state index is 4.44. The minimum Gasteiger partial charge on any atom is -0.385 e. The van der Waals surface area contributed by atoms with E-state index in [9.17, 15) is 0 Å². The van der Waals surface area contributed by atoms with E-state index in [1.807, 2.05) is 41.3 Å². The second-order valence-electron chi connectivity index (χ2n) is 6.01. The molecule has 8 heteroatoms. The minimum atomic E-state index is 0.704. The van der Waals surface area contributed by atoms with Gasteiger partial charge in [0.05, 0.1) is 18.1 Å². The quantitative estimate of drug-likeness (QED) is 0.526. The van der Waals surface area contributed by atoms with E-state index in [0.29, 0.717) is 6.67 Å². The van der Waals surface area contributed by atoms with Crippen LogP contribution in [0.4, 0.5) is 0 Å². The molecule has 0 aliphatic rings. The largest absolute Gasteiger partial charge is 0.385 e. The van der Waals surface area contributed by atoms with Crippen molar-refractivity contribution < 1.29 is 0 Å². The summed E-state index contributed by atoms with van der Waals surface area (Å²) in [5.41, 5.74) is 2.18. The van der Waals surface area contributed by atoms with Crippen LogP contribution in [-0.4, -0.2) is 63.1 Å². The summed E-state index contributed by atoms with van der Waals surface area (Å²) in [4.78, 5) is 15.2. The minimum absolute atomic E-state index is 0.704. The van der Waals surface area contributed by atoms with Gasteiger partial charge in [0.2, 0.25) is 0 Å². The van der Waals surface area contributed by atoms with Gasteiger partial charge in [-0.25, -0.2) is 9.67 Å². The lowest BCUT2D eigenvalue weighted by atomic mass is 10.3. The molecule has 25 heavy (non-hydrogen) atoms. The van der Waals surface area contributed by atoms with E-state index in [2.05, 4.69) is 41.0 Å². The van der Waals surface area contributed by atoms with Gasteiger partial charge in [-0.2, -0.15) is 5.10 Å². The number of aromatic nitrogens is 5. The summed E-state index contributed by atoms with van der Waals surface area (Å²) in [6.45, 7) is 4.32. The SMILES string of the molecule is [AlH2][N](CCN(Cc1ccccn1)Cn1cncn1)Cc1ccccn1. The zero-order valence-electron chi connectivity index (χ0n) is 14.4. The Hall–Kier alpha value is -2.11. The fraction of sp³-hybridized carbons (Fsp3) is 0.294. The van der Waals surface area contributed by atoms with Crippen molar-refractivity contribution in [2.45, 2.75) is 19.8 Å². The van der Waals surface area contributed by atoms with Gasteiger partial charge in [0.15, 0.2) is 0 Å². The third kappa shape index (κ3) is 6.03. The van der Waals surface area contributed by atoms with E-state index < -0.39 is 0 Å². The third-order valence-electron chi connectivity index (χ3n) is 3.88. The molecule has 7 nitrogen and oxygen atoms in total. The van der Waals surface area contributed by atoms with Crippen molar-refractivity contribution in [1.82, 2.24) is 33.5 Å². The molecule has 0 N–H and O–H groups in total. The van der Waals surface area contributed by atoms with Crippen molar-refractivity contribution in [2.24, 2.45) is 0 Å². The Morgan fingerprint density at radius 1 is 0.920 bits per heavy atom. The van der Waals surface area contributed by atoms with Crippen LogP contribution in [0.25, 0.3) is 0 Å². The normalized spacial score (nSPS) is 11.3. The zero-order chi connectivity index (χ0) is 17.3. The van der Waals surface area contributed by atoms with Crippen molar-refractivity contribution in [3.05, 3.63) is 72.8 Å². The van der Waals surface area contributed by atoms with Crippen LogP contribution in [0, 0.1) is 0 Å². The van der Waals surface area contributed by atoms with E-state index in [-0.39, 0.29) is 0 Å². The van der Waals surface area contributed by atoms with Crippen molar-refractivity contribution in [3.8, 4) is 0 Å². The maximum absolute atomic E-state index is 4.44. The number of rotatable bonds is 9. The smallest absolute Gasteiger partial charge is 0.322 e. The average molecular weight is 351 g/mol. The molecule has 0 aromatic carbocycles. The molecule has 0 amide bonds. The number of hydrogen-bond acceptors (Lipinski definition) is 6. The fourth-order valence-electron chi connectivity index (χ4n) is 2.59. The summed E-state index contributed by atoms with van der Waals surface area (Å²) in [6.07, 6.45) is 7.00. The second kappa shape index (κ2) is 9.40. The van der Waals surface area contributed by atoms with Crippen LogP contribution < -0.4 is 0 Å². The monoisotopic (exact) mass is 351 g/mol. The summed E-state index contributed by atoms with van der Waals surface area (Å²) in [5, 5.41) is 4.22. The topological polar surface area (TPSA) is 63.0 Å². The summed E-state index contributed by atoms with van der Waals surface area (Å²) >= 11 is 0.997. The first-order valence-corrected chi connectivity index (χ1v) is 9.22. The van der Waals surface area contributed by atoms with Crippen LogP contribution in [-0.2, 0) is 19.8 Å². The molecule has 0 aliphatic carbocycles. The molecule has 3 aromatic heterocycles. The molecule has 0 atom stereocenters. The summed E-state index contributed by atoms with van der Waals surface area (Å²) < 4.78 is 4.26. The first-order valence-electron chi connectivity index (χ1n) is 8.33. The van der Waals surface area contributed by atoms with E-state index in [0.717, 1.165) is 54.1 Å². The van der Waals surface area contributed by atoms with Crippen LogP contribution in [0.2, 0.25) is 0 Å². The van der Waals surface area contributed by atoms with Crippen LogP contribution in [0.3, 0.4) is 0 Å². The zero-order valence-corrected chi connectivity index (χ0v) is 16.4. The van der Waals surface area contributed by atoms with Gasteiger partial charge in [0, 0.05) is 32.0 Å².